The van der Waals surface area contributed by atoms with E-state index >= 15 is 0 Å². The molecule has 0 aliphatic carbocycles. The molecule has 0 aliphatic rings. The molecule has 0 fully saturated rings. The number of pyridine rings is 1. The van der Waals surface area contributed by atoms with Gasteiger partial charge in [-0.1, -0.05) is 0 Å². The smallest absolute Gasteiger partial charge is 0.278 e. The van der Waals surface area contributed by atoms with Gasteiger partial charge < -0.3 is 5.73 Å². The van der Waals surface area contributed by atoms with Crippen molar-refractivity contribution >= 4 is 22.8 Å². The van der Waals surface area contributed by atoms with Crippen LogP contribution in [-0.4, -0.2) is 40.3 Å². The molecular formula is C9H11N5O2. The van der Waals surface area contributed by atoms with Crippen molar-refractivity contribution < 1.29 is 9.63 Å². The fourth-order valence-electron chi connectivity index (χ4n) is 1.30. The Hall–Kier alpha value is -2.15. The monoisotopic (exact) mass is 221 g/mol. The highest BCUT2D eigenvalue weighted by atomic mass is 16.7. The fraction of sp³-hybridized carbons (Fsp3) is 0.222. The Morgan fingerprint density at radius 1 is 1.62 bits per heavy atom. The van der Waals surface area contributed by atoms with Crippen molar-refractivity contribution in [1.29, 1.82) is 0 Å². The van der Waals surface area contributed by atoms with Crippen molar-refractivity contribution in [1.82, 2.24) is 20.2 Å². The van der Waals surface area contributed by atoms with Crippen LogP contribution in [0.1, 0.15) is 10.4 Å². The van der Waals surface area contributed by atoms with Crippen LogP contribution in [0.15, 0.2) is 12.3 Å². The predicted octanol–water partition coefficient (Wildman–Crippen LogP) is 0.173. The number of hydrogen-bond donors (Lipinski definition) is 2. The second kappa shape index (κ2) is 3.78. The van der Waals surface area contributed by atoms with Crippen LogP contribution in [0.3, 0.4) is 0 Å². The summed E-state index contributed by atoms with van der Waals surface area (Å²) in [5, 5.41) is 8.19. The average molecular weight is 221 g/mol. The summed E-state index contributed by atoms with van der Waals surface area (Å²) in [5.41, 5.74) is 6.51. The van der Waals surface area contributed by atoms with Gasteiger partial charge in [0.2, 0.25) is 0 Å². The van der Waals surface area contributed by atoms with Crippen molar-refractivity contribution in [2.75, 3.05) is 19.9 Å². The minimum atomic E-state index is -0.294. The zero-order chi connectivity index (χ0) is 11.7. The molecule has 7 nitrogen and oxygen atoms in total. The molecule has 0 aliphatic heterocycles. The summed E-state index contributed by atoms with van der Waals surface area (Å²) in [7, 11) is 2.93. The largest absolute Gasteiger partial charge is 0.384 e. The predicted molar refractivity (Wildman–Crippen MR) is 57.4 cm³/mol. The molecule has 0 radical (unpaired) electrons. The number of amides is 1. The van der Waals surface area contributed by atoms with Crippen LogP contribution in [0.2, 0.25) is 0 Å². The summed E-state index contributed by atoms with van der Waals surface area (Å²) in [6.45, 7) is 0. The molecule has 0 spiro atoms. The molecule has 16 heavy (non-hydrogen) atoms. The summed E-state index contributed by atoms with van der Waals surface area (Å²) in [4.78, 5) is 20.5. The Kier molecular flexibility index (Phi) is 2.45. The van der Waals surface area contributed by atoms with E-state index in [4.69, 9.17) is 10.6 Å². The highest BCUT2D eigenvalue weighted by Crippen LogP contribution is 2.17. The summed E-state index contributed by atoms with van der Waals surface area (Å²) in [5.74, 6) is 0.0923. The van der Waals surface area contributed by atoms with Gasteiger partial charge in [0.1, 0.15) is 5.82 Å². The third kappa shape index (κ3) is 1.57. The zero-order valence-electron chi connectivity index (χ0n) is 8.89. The van der Waals surface area contributed by atoms with Gasteiger partial charge in [-0.15, -0.1) is 0 Å². The number of aromatic amines is 1. The molecular weight excluding hydrogens is 210 g/mol. The zero-order valence-corrected chi connectivity index (χ0v) is 8.89. The maximum Gasteiger partial charge on any atom is 0.278 e. The SMILES string of the molecule is CON(C)C(=O)c1cnc2n[nH]c(N)c2c1. The standard InChI is InChI=1S/C9H11N5O2/c1-14(16-2)9(15)5-3-6-7(10)12-13-8(6)11-4-5/h3-4H,1-2H3,(H3,10,11,12,13). The molecule has 7 heteroatoms. The number of hydrogen-bond acceptors (Lipinski definition) is 5. The van der Waals surface area contributed by atoms with Crippen LogP contribution in [0, 0.1) is 0 Å². The summed E-state index contributed by atoms with van der Waals surface area (Å²) in [6, 6.07) is 1.62. The van der Waals surface area contributed by atoms with E-state index in [1.165, 1.54) is 20.4 Å². The van der Waals surface area contributed by atoms with Crippen molar-refractivity contribution in [3.05, 3.63) is 17.8 Å². The first-order chi connectivity index (χ1) is 7.63. The number of anilines is 1. The van der Waals surface area contributed by atoms with E-state index < -0.39 is 0 Å². The molecule has 3 N–H and O–H groups in total. The molecule has 0 saturated heterocycles. The number of hydroxylamine groups is 2. The lowest BCUT2D eigenvalue weighted by molar-refractivity contribution is -0.0757. The number of nitrogens with two attached hydrogens (primary N) is 1. The van der Waals surface area contributed by atoms with Gasteiger partial charge in [0.15, 0.2) is 5.65 Å². The van der Waals surface area contributed by atoms with Gasteiger partial charge in [-0.3, -0.25) is 14.7 Å². The van der Waals surface area contributed by atoms with Gasteiger partial charge in [-0.2, -0.15) is 5.10 Å². The molecule has 1 amide bonds. The molecule has 0 saturated carbocycles. The van der Waals surface area contributed by atoms with E-state index in [9.17, 15) is 4.79 Å². The Morgan fingerprint density at radius 3 is 3.06 bits per heavy atom. The first-order valence-corrected chi connectivity index (χ1v) is 4.55. The lowest BCUT2D eigenvalue weighted by atomic mass is 10.2. The molecule has 2 aromatic rings. The van der Waals surface area contributed by atoms with E-state index in [0.717, 1.165) is 5.06 Å². The minimum Gasteiger partial charge on any atom is -0.384 e. The molecule has 2 aromatic heterocycles. The molecule has 0 atom stereocenters. The van der Waals surface area contributed by atoms with Crippen molar-refractivity contribution in [2.24, 2.45) is 0 Å². The van der Waals surface area contributed by atoms with E-state index in [1.54, 1.807) is 6.07 Å². The number of carbonyl (C=O) groups excluding carboxylic acids is 1. The van der Waals surface area contributed by atoms with E-state index in [-0.39, 0.29) is 5.91 Å². The lowest BCUT2D eigenvalue weighted by Gasteiger charge is -2.12. The van der Waals surface area contributed by atoms with Crippen molar-refractivity contribution in [2.45, 2.75) is 0 Å². The topological polar surface area (TPSA) is 97.1 Å². The first kappa shape index (κ1) is 10.4. The van der Waals surface area contributed by atoms with E-state index in [2.05, 4.69) is 15.2 Å². The number of nitrogen functional groups attached to an aromatic ring is 1. The number of rotatable bonds is 2. The Morgan fingerprint density at radius 2 is 2.38 bits per heavy atom. The van der Waals surface area contributed by atoms with Crippen LogP contribution >= 0.6 is 0 Å². The van der Waals surface area contributed by atoms with Gasteiger partial charge in [-0.05, 0) is 6.07 Å². The van der Waals surface area contributed by atoms with Gasteiger partial charge in [-0.25, -0.2) is 10.0 Å². The van der Waals surface area contributed by atoms with Crippen LogP contribution < -0.4 is 5.73 Å². The van der Waals surface area contributed by atoms with Crippen LogP contribution in [0.25, 0.3) is 11.0 Å². The molecule has 2 rings (SSSR count). The Labute approximate surface area is 91.2 Å². The van der Waals surface area contributed by atoms with Gasteiger partial charge in [0.05, 0.1) is 18.1 Å². The quantitative estimate of drug-likeness (QED) is 0.705. The average Bonchev–Trinajstić information content (AvgIpc) is 2.68. The molecule has 2 heterocycles. The van der Waals surface area contributed by atoms with E-state index in [1.807, 2.05) is 0 Å². The van der Waals surface area contributed by atoms with Crippen molar-refractivity contribution in [3.8, 4) is 0 Å². The molecule has 0 aromatic carbocycles. The number of aromatic nitrogens is 3. The minimum absolute atomic E-state index is 0.294. The third-order valence-corrected chi connectivity index (χ3v) is 2.25. The Bertz CT molecular complexity index is 536. The molecule has 0 unspecified atom stereocenters. The van der Waals surface area contributed by atoms with Crippen molar-refractivity contribution in [3.63, 3.8) is 0 Å². The molecule has 84 valence electrons. The number of H-pyrrole nitrogens is 1. The first-order valence-electron chi connectivity index (χ1n) is 4.55. The van der Waals surface area contributed by atoms with Crippen LogP contribution in [0.4, 0.5) is 5.82 Å². The Balaban J connectivity index is 2.46. The van der Waals surface area contributed by atoms with Crippen LogP contribution in [0.5, 0.6) is 0 Å². The number of nitrogens with one attached hydrogen (secondary N) is 1. The van der Waals surface area contributed by atoms with E-state index in [0.29, 0.717) is 22.4 Å². The highest BCUT2D eigenvalue weighted by molar-refractivity contribution is 5.98. The fourth-order valence-corrected chi connectivity index (χ4v) is 1.30. The summed E-state index contributed by atoms with van der Waals surface area (Å²) in [6.07, 6.45) is 1.43. The van der Waals surface area contributed by atoms with Crippen LogP contribution in [-0.2, 0) is 4.84 Å². The third-order valence-electron chi connectivity index (χ3n) is 2.25. The normalized spacial score (nSPS) is 10.6. The second-order valence-corrected chi connectivity index (χ2v) is 3.22. The van der Waals surface area contributed by atoms with Gasteiger partial charge >= 0.3 is 0 Å². The highest BCUT2D eigenvalue weighted by Gasteiger charge is 2.14. The second-order valence-electron chi connectivity index (χ2n) is 3.22. The lowest BCUT2D eigenvalue weighted by Crippen LogP contribution is -2.25. The number of carbonyl (C=O) groups is 1. The number of nitrogens with zero attached hydrogens (tertiary/aromatic N) is 3. The van der Waals surface area contributed by atoms with Gasteiger partial charge in [0.25, 0.3) is 5.91 Å². The summed E-state index contributed by atoms with van der Waals surface area (Å²) < 4.78 is 0. The number of fused-ring (bicyclic) bond motifs is 1. The maximum atomic E-state index is 11.7. The summed E-state index contributed by atoms with van der Waals surface area (Å²) >= 11 is 0. The molecule has 0 bridgehead atoms. The maximum absolute atomic E-state index is 11.7. The van der Waals surface area contributed by atoms with Gasteiger partial charge in [0, 0.05) is 13.2 Å².